The number of amides is 2. The molecule has 0 spiro atoms. The van der Waals surface area contributed by atoms with E-state index in [1.54, 1.807) is 37.1 Å². The molecule has 1 heterocycles. The van der Waals surface area contributed by atoms with Crippen LogP contribution in [0.15, 0.2) is 18.2 Å². The second-order valence-electron chi connectivity index (χ2n) is 5.97. The minimum absolute atomic E-state index is 0.0532. The highest BCUT2D eigenvalue weighted by atomic mass is 16.4. The first-order valence-corrected chi connectivity index (χ1v) is 7.78. The third-order valence-corrected chi connectivity index (χ3v) is 4.45. The van der Waals surface area contributed by atoms with Gasteiger partial charge in [0, 0.05) is 24.7 Å². The fourth-order valence-corrected chi connectivity index (χ4v) is 2.71. The molecule has 23 heavy (non-hydrogen) atoms. The average Bonchev–Trinajstić information content (AvgIpc) is 2.54. The summed E-state index contributed by atoms with van der Waals surface area (Å²) in [4.78, 5) is 36.9. The van der Waals surface area contributed by atoms with E-state index in [9.17, 15) is 19.5 Å². The first-order chi connectivity index (χ1) is 10.8. The van der Waals surface area contributed by atoms with E-state index >= 15 is 0 Å². The van der Waals surface area contributed by atoms with E-state index in [1.165, 1.54) is 0 Å². The molecule has 6 nitrogen and oxygen atoms in total. The van der Waals surface area contributed by atoms with Gasteiger partial charge in [0.15, 0.2) is 0 Å². The number of nitrogens with zero attached hydrogens (tertiary/aromatic N) is 1. The number of nitrogens with one attached hydrogen (secondary N) is 1. The van der Waals surface area contributed by atoms with Crippen LogP contribution in [0.1, 0.15) is 42.6 Å². The van der Waals surface area contributed by atoms with Crippen molar-refractivity contribution in [3.05, 3.63) is 29.3 Å². The molecule has 2 amide bonds. The lowest BCUT2D eigenvalue weighted by atomic mass is 9.97. The Morgan fingerprint density at radius 3 is 2.65 bits per heavy atom. The molecule has 0 aliphatic carbocycles. The maximum absolute atomic E-state index is 12.4. The first-order valence-electron chi connectivity index (χ1n) is 7.78. The Kier molecular flexibility index (Phi) is 5.03. The fraction of sp³-hybridized carbons (Fsp3) is 0.471. The molecule has 124 valence electrons. The van der Waals surface area contributed by atoms with E-state index in [0.717, 1.165) is 11.3 Å². The van der Waals surface area contributed by atoms with Crippen LogP contribution in [-0.4, -0.2) is 36.0 Å². The number of aliphatic carboxylic acids is 1. The number of aryl methyl sites for hydroxylation is 1. The lowest BCUT2D eigenvalue weighted by Crippen LogP contribution is -2.45. The molecule has 6 heteroatoms. The maximum atomic E-state index is 12.4. The van der Waals surface area contributed by atoms with Crippen LogP contribution < -0.4 is 10.2 Å². The molecule has 2 unspecified atom stereocenters. The van der Waals surface area contributed by atoms with Gasteiger partial charge >= 0.3 is 5.97 Å². The van der Waals surface area contributed by atoms with E-state index in [-0.39, 0.29) is 11.8 Å². The largest absolute Gasteiger partial charge is 0.480 e. The van der Waals surface area contributed by atoms with Gasteiger partial charge in [-0.3, -0.25) is 9.59 Å². The van der Waals surface area contributed by atoms with Gasteiger partial charge in [-0.25, -0.2) is 4.79 Å². The minimum Gasteiger partial charge on any atom is -0.480 e. The van der Waals surface area contributed by atoms with Crippen molar-refractivity contribution in [1.29, 1.82) is 0 Å². The van der Waals surface area contributed by atoms with Crippen LogP contribution >= 0.6 is 0 Å². The second kappa shape index (κ2) is 6.81. The summed E-state index contributed by atoms with van der Waals surface area (Å²) in [5.41, 5.74) is 2.14. The molecular weight excluding hydrogens is 296 g/mol. The van der Waals surface area contributed by atoms with Gasteiger partial charge in [-0.1, -0.05) is 20.3 Å². The molecule has 2 atom stereocenters. The van der Waals surface area contributed by atoms with Gasteiger partial charge in [0.2, 0.25) is 5.91 Å². The van der Waals surface area contributed by atoms with Gasteiger partial charge in [0.25, 0.3) is 5.91 Å². The zero-order chi connectivity index (χ0) is 17.1. The summed E-state index contributed by atoms with van der Waals surface area (Å²) in [7, 11) is 1.71. The Morgan fingerprint density at radius 2 is 2.04 bits per heavy atom. The van der Waals surface area contributed by atoms with Gasteiger partial charge in [0.1, 0.15) is 6.04 Å². The van der Waals surface area contributed by atoms with Crippen molar-refractivity contribution < 1.29 is 19.5 Å². The molecule has 1 aliphatic rings. The highest BCUT2D eigenvalue weighted by Gasteiger charge is 2.27. The summed E-state index contributed by atoms with van der Waals surface area (Å²) < 4.78 is 0. The Balaban J connectivity index is 2.20. The molecule has 0 radical (unpaired) electrons. The van der Waals surface area contributed by atoms with E-state index in [2.05, 4.69) is 5.32 Å². The normalized spacial score (nSPS) is 16.5. The molecule has 0 fully saturated rings. The molecule has 2 N–H and O–H groups in total. The Bertz CT molecular complexity index is 641. The molecule has 1 aromatic rings. The Labute approximate surface area is 135 Å². The number of hydrogen-bond acceptors (Lipinski definition) is 3. The number of carbonyl (C=O) groups excluding carboxylic acids is 2. The van der Waals surface area contributed by atoms with Crippen LogP contribution in [0, 0.1) is 5.92 Å². The Morgan fingerprint density at radius 1 is 1.35 bits per heavy atom. The number of carboxylic acid groups (broad SMARTS) is 1. The summed E-state index contributed by atoms with van der Waals surface area (Å²) in [5, 5.41) is 11.9. The number of hydrogen-bond donors (Lipinski definition) is 2. The Hall–Kier alpha value is -2.37. The van der Waals surface area contributed by atoms with Crippen molar-refractivity contribution in [1.82, 2.24) is 5.32 Å². The molecule has 0 aromatic heterocycles. The topological polar surface area (TPSA) is 86.7 Å². The third-order valence-electron chi connectivity index (χ3n) is 4.45. The molecule has 2 rings (SSSR count). The number of rotatable bonds is 5. The standard InChI is InChI=1S/C17H22N2O4/c1-4-10(2)15(17(22)23)18-16(21)12-5-7-13-11(9-12)6-8-14(20)19(13)3/h5,7,9-10,15H,4,6,8H2,1-3H3,(H,18,21)(H,22,23). The van der Waals surface area contributed by atoms with Crippen LogP contribution in [0.4, 0.5) is 5.69 Å². The zero-order valence-corrected chi connectivity index (χ0v) is 13.6. The average molecular weight is 318 g/mol. The summed E-state index contributed by atoms with van der Waals surface area (Å²) in [6.45, 7) is 3.69. The van der Waals surface area contributed by atoms with Crippen LogP contribution in [0.25, 0.3) is 0 Å². The van der Waals surface area contributed by atoms with Gasteiger partial charge in [-0.2, -0.15) is 0 Å². The summed E-state index contributed by atoms with van der Waals surface area (Å²) >= 11 is 0. The van der Waals surface area contributed by atoms with Crippen molar-refractivity contribution in [2.75, 3.05) is 11.9 Å². The van der Waals surface area contributed by atoms with Crippen molar-refractivity contribution in [2.45, 2.75) is 39.2 Å². The third kappa shape index (κ3) is 3.52. The maximum Gasteiger partial charge on any atom is 0.326 e. The lowest BCUT2D eigenvalue weighted by molar-refractivity contribution is -0.140. The van der Waals surface area contributed by atoms with Gasteiger partial charge in [-0.05, 0) is 36.1 Å². The summed E-state index contributed by atoms with van der Waals surface area (Å²) in [6, 6.07) is 4.19. The highest BCUT2D eigenvalue weighted by molar-refractivity contribution is 6.00. The van der Waals surface area contributed by atoms with Gasteiger partial charge < -0.3 is 15.3 Å². The first kappa shape index (κ1) is 17.0. The van der Waals surface area contributed by atoms with Crippen molar-refractivity contribution in [3.8, 4) is 0 Å². The van der Waals surface area contributed by atoms with Gasteiger partial charge in [-0.15, -0.1) is 0 Å². The molecule has 0 saturated carbocycles. The van der Waals surface area contributed by atoms with E-state index in [4.69, 9.17) is 0 Å². The molecule has 0 bridgehead atoms. The zero-order valence-electron chi connectivity index (χ0n) is 13.6. The van der Waals surface area contributed by atoms with Crippen molar-refractivity contribution in [2.24, 2.45) is 5.92 Å². The van der Waals surface area contributed by atoms with Crippen LogP contribution in [0.5, 0.6) is 0 Å². The van der Waals surface area contributed by atoms with Crippen LogP contribution in [0.2, 0.25) is 0 Å². The molecule has 1 aliphatic heterocycles. The number of benzene rings is 1. The van der Waals surface area contributed by atoms with Gasteiger partial charge in [0.05, 0.1) is 0 Å². The predicted molar refractivity (Wildman–Crippen MR) is 86.5 cm³/mol. The fourth-order valence-electron chi connectivity index (χ4n) is 2.71. The van der Waals surface area contributed by atoms with Crippen molar-refractivity contribution in [3.63, 3.8) is 0 Å². The van der Waals surface area contributed by atoms with Crippen molar-refractivity contribution >= 4 is 23.5 Å². The number of anilines is 1. The van der Waals surface area contributed by atoms with E-state index in [1.807, 2.05) is 6.92 Å². The number of fused-ring (bicyclic) bond motifs is 1. The highest BCUT2D eigenvalue weighted by Crippen LogP contribution is 2.27. The minimum atomic E-state index is -1.03. The van der Waals surface area contributed by atoms with Crippen LogP contribution in [0.3, 0.4) is 0 Å². The predicted octanol–water partition coefficient (Wildman–Crippen LogP) is 1.82. The molecular formula is C17H22N2O4. The molecule has 1 aromatic carbocycles. The lowest BCUT2D eigenvalue weighted by Gasteiger charge is -2.26. The number of carboxylic acids is 1. The number of carbonyl (C=O) groups is 3. The van der Waals surface area contributed by atoms with Crippen LogP contribution in [-0.2, 0) is 16.0 Å². The summed E-state index contributed by atoms with van der Waals surface area (Å²) in [5.74, 6) is -1.54. The smallest absolute Gasteiger partial charge is 0.326 e. The second-order valence-corrected chi connectivity index (χ2v) is 5.97. The summed E-state index contributed by atoms with van der Waals surface area (Å²) in [6.07, 6.45) is 1.67. The van der Waals surface area contributed by atoms with E-state index in [0.29, 0.717) is 24.8 Å². The monoisotopic (exact) mass is 318 g/mol. The van der Waals surface area contributed by atoms with E-state index < -0.39 is 17.9 Å². The quantitative estimate of drug-likeness (QED) is 0.867. The SMILES string of the molecule is CCC(C)C(NC(=O)c1ccc2c(c1)CCC(=O)N2C)C(=O)O. The molecule has 0 saturated heterocycles.